The van der Waals surface area contributed by atoms with E-state index in [9.17, 15) is 18.0 Å². The van der Waals surface area contributed by atoms with Crippen LogP contribution in [0.15, 0.2) is 77.7 Å². The Kier molecular flexibility index (Phi) is 8.53. The molecule has 0 saturated carbocycles. The molecule has 0 heterocycles. The molecule has 0 bridgehead atoms. The summed E-state index contributed by atoms with van der Waals surface area (Å²) in [7, 11) is -2.56. The van der Waals surface area contributed by atoms with Gasteiger partial charge in [0.05, 0.1) is 10.6 Å². The number of carbonyl (C=O) groups is 2. The van der Waals surface area contributed by atoms with E-state index in [1.165, 1.54) is 24.1 Å². The standard InChI is InChI=1S/C28H33N3O4S/c1-20-13-15-25(16-14-20)36(34,35)31(26-12-7-6-10-22(26)3)19-27(32)30(23(4)28(33)29-5)18-24-11-8-9-21(2)17-24/h6-17,23H,18-19H2,1-5H3,(H,29,33). The third-order valence-corrected chi connectivity index (χ3v) is 7.90. The number of nitrogens with zero attached hydrogens (tertiary/aromatic N) is 2. The average molecular weight is 508 g/mol. The fourth-order valence-electron chi connectivity index (χ4n) is 3.99. The molecule has 8 heteroatoms. The van der Waals surface area contributed by atoms with E-state index in [0.717, 1.165) is 21.0 Å². The number of carbonyl (C=O) groups excluding carboxylic acids is 2. The first-order valence-electron chi connectivity index (χ1n) is 11.8. The Labute approximate surface area is 213 Å². The second-order valence-electron chi connectivity index (χ2n) is 8.91. The maximum absolute atomic E-state index is 13.8. The highest BCUT2D eigenvalue weighted by molar-refractivity contribution is 7.92. The zero-order valence-corrected chi connectivity index (χ0v) is 22.2. The van der Waals surface area contributed by atoms with Crippen LogP contribution in [0.3, 0.4) is 0 Å². The normalized spacial score (nSPS) is 12.0. The van der Waals surface area contributed by atoms with Crippen molar-refractivity contribution in [2.75, 3.05) is 17.9 Å². The summed E-state index contributed by atoms with van der Waals surface area (Å²) in [6, 6.07) is 20.4. The van der Waals surface area contributed by atoms with Crippen molar-refractivity contribution in [2.24, 2.45) is 0 Å². The lowest BCUT2D eigenvalue weighted by atomic mass is 10.1. The quantitative estimate of drug-likeness (QED) is 0.475. The summed E-state index contributed by atoms with van der Waals surface area (Å²) in [6.07, 6.45) is 0. The Bertz CT molecular complexity index is 1340. The number of sulfonamides is 1. The van der Waals surface area contributed by atoms with Crippen LogP contribution < -0.4 is 9.62 Å². The summed E-state index contributed by atoms with van der Waals surface area (Å²) in [6.45, 7) is 6.98. The smallest absolute Gasteiger partial charge is 0.264 e. The van der Waals surface area contributed by atoms with Crippen molar-refractivity contribution in [3.63, 3.8) is 0 Å². The third-order valence-electron chi connectivity index (χ3n) is 6.12. The first kappa shape index (κ1) is 26.9. The number of benzene rings is 3. The van der Waals surface area contributed by atoms with Crippen LogP contribution in [0.4, 0.5) is 5.69 Å². The molecular weight excluding hydrogens is 474 g/mol. The van der Waals surface area contributed by atoms with Crippen LogP contribution in [0.25, 0.3) is 0 Å². The summed E-state index contributed by atoms with van der Waals surface area (Å²) in [5, 5.41) is 2.59. The molecule has 3 rings (SSSR count). The number of rotatable bonds is 9. The molecule has 0 fully saturated rings. The molecule has 36 heavy (non-hydrogen) atoms. The lowest BCUT2D eigenvalue weighted by Gasteiger charge is -2.32. The molecule has 1 N–H and O–H groups in total. The lowest BCUT2D eigenvalue weighted by molar-refractivity contribution is -0.139. The first-order valence-corrected chi connectivity index (χ1v) is 13.2. The summed E-state index contributed by atoms with van der Waals surface area (Å²) >= 11 is 0. The molecule has 7 nitrogen and oxygen atoms in total. The van der Waals surface area contributed by atoms with Gasteiger partial charge in [0.25, 0.3) is 10.0 Å². The van der Waals surface area contributed by atoms with Gasteiger partial charge in [-0.05, 0) is 57.0 Å². The molecular formula is C28H33N3O4S. The van der Waals surface area contributed by atoms with Gasteiger partial charge in [0.15, 0.2) is 0 Å². The Morgan fingerprint density at radius 2 is 1.56 bits per heavy atom. The van der Waals surface area contributed by atoms with E-state index >= 15 is 0 Å². The summed E-state index contributed by atoms with van der Waals surface area (Å²) in [4.78, 5) is 27.8. The third kappa shape index (κ3) is 6.12. The number of nitrogens with one attached hydrogen (secondary N) is 1. The van der Waals surface area contributed by atoms with Crippen LogP contribution in [0, 0.1) is 20.8 Å². The van der Waals surface area contributed by atoms with Crippen molar-refractivity contribution < 1.29 is 18.0 Å². The minimum absolute atomic E-state index is 0.0914. The second-order valence-corrected chi connectivity index (χ2v) is 10.8. The molecule has 1 atom stereocenters. The van der Waals surface area contributed by atoms with Gasteiger partial charge in [-0.1, -0.05) is 65.7 Å². The number of hydrogen-bond donors (Lipinski definition) is 1. The molecule has 1 unspecified atom stereocenters. The highest BCUT2D eigenvalue weighted by Gasteiger charge is 2.32. The Balaban J connectivity index is 2.05. The fraction of sp³-hybridized carbons (Fsp3) is 0.286. The molecule has 190 valence electrons. The summed E-state index contributed by atoms with van der Waals surface area (Å²) in [5.74, 6) is -0.814. The van der Waals surface area contributed by atoms with Gasteiger partial charge in [-0.3, -0.25) is 13.9 Å². The molecule has 0 spiro atoms. The summed E-state index contributed by atoms with van der Waals surface area (Å²) in [5.41, 5.74) is 3.93. The van der Waals surface area contributed by atoms with Crippen molar-refractivity contribution in [3.05, 3.63) is 95.1 Å². The molecule has 2 amide bonds. The SMILES string of the molecule is CNC(=O)C(C)N(Cc1cccc(C)c1)C(=O)CN(c1ccccc1C)S(=O)(=O)c1ccc(C)cc1. The second kappa shape index (κ2) is 11.4. The van der Waals surface area contributed by atoms with Crippen molar-refractivity contribution >= 4 is 27.5 Å². The van der Waals surface area contributed by atoms with Crippen LogP contribution in [0.2, 0.25) is 0 Å². The van der Waals surface area contributed by atoms with Gasteiger partial charge in [0.2, 0.25) is 11.8 Å². The van der Waals surface area contributed by atoms with Crippen molar-refractivity contribution in [1.82, 2.24) is 10.2 Å². The van der Waals surface area contributed by atoms with Gasteiger partial charge >= 0.3 is 0 Å². The molecule has 0 aliphatic carbocycles. The average Bonchev–Trinajstić information content (AvgIpc) is 2.85. The minimum atomic E-state index is -4.07. The van der Waals surface area contributed by atoms with Crippen LogP contribution >= 0.6 is 0 Å². The van der Waals surface area contributed by atoms with Crippen molar-refractivity contribution in [1.29, 1.82) is 0 Å². The van der Waals surface area contributed by atoms with Crippen molar-refractivity contribution in [3.8, 4) is 0 Å². The largest absolute Gasteiger partial charge is 0.357 e. The fourth-order valence-corrected chi connectivity index (χ4v) is 5.47. The number of aryl methyl sites for hydroxylation is 3. The number of hydrogen-bond acceptors (Lipinski definition) is 4. The number of para-hydroxylation sites is 1. The molecule has 0 aliphatic rings. The van der Waals surface area contributed by atoms with Crippen LogP contribution in [0.1, 0.15) is 29.2 Å². The van der Waals surface area contributed by atoms with E-state index < -0.39 is 28.5 Å². The van der Waals surface area contributed by atoms with E-state index in [1.54, 1.807) is 44.2 Å². The number of anilines is 1. The minimum Gasteiger partial charge on any atom is -0.357 e. The predicted octanol–water partition coefficient (Wildman–Crippen LogP) is 3.97. The van der Waals surface area contributed by atoms with Crippen LogP contribution in [-0.2, 0) is 26.2 Å². The zero-order valence-electron chi connectivity index (χ0n) is 21.4. The zero-order chi connectivity index (χ0) is 26.5. The lowest BCUT2D eigenvalue weighted by Crippen LogP contribution is -2.50. The van der Waals surface area contributed by atoms with E-state index in [1.807, 2.05) is 44.2 Å². The van der Waals surface area contributed by atoms with Crippen LogP contribution in [-0.4, -0.2) is 44.8 Å². The van der Waals surface area contributed by atoms with Gasteiger partial charge in [-0.2, -0.15) is 0 Å². The molecule has 0 saturated heterocycles. The van der Waals surface area contributed by atoms with E-state index in [-0.39, 0.29) is 17.3 Å². The summed E-state index contributed by atoms with van der Waals surface area (Å²) < 4.78 is 28.7. The Morgan fingerprint density at radius 1 is 0.889 bits per heavy atom. The topological polar surface area (TPSA) is 86.8 Å². The van der Waals surface area contributed by atoms with Gasteiger partial charge in [-0.25, -0.2) is 8.42 Å². The Morgan fingerprint density at radius 3 is 2.17 bits per heavy atom. The molecule has 0 aromatic heterocycles. The maximum atomic E-state index is 13.8. The molecule has 3 aromatic carbocycles. The van der Waals surface area contributed by atoms with Gasteiger partial charge < -0.3 is 10.2 Å². The van der Waals surface area contributed by atoms with E-state index in [0.29, 0.717) is 11.3 Å². The number of likely N-dealkylation sites (N-methyl/N-ethyl adjacent to an activating group) is 1. The maximum Gasteiger partial charge on any atom is 0.264 e. The van der Waals surface area contributed by atoms with E-state index in [2.05, 4.69) is 5.32 Å². The monoisotopic (exact) mass is 507 g/mol. The Hall–Kier alpha value is -3.65. The van der Waals surface area contributed by atoms with Crippen molar-refractivity contribution in [2.45, 2.75) is 45.2 Å². The number of amides is 2. The van der Waals surface area contributed by atoms with Crippen LogP contribution in [0.5, 0.6) is 0 Å². The van der Waals surface area contributed by atoms with Gasteiger partial charge in [0.1, 0.15) is 12.6 Å². The first-order chi connectivity index (χ1) is 17.0. The molecule has 0 aliphatic heterocycles. The predicted molar refractivity (Wildman–Crippen MR) is 142 cm³/mol. The molecule has 3 aromatic rings. The highest BCUT2D eigenvalue weighted by atomic mass is 32.2. The molecule has 0 radical (unpaired) electrons. The highest BCUT2D eigenvalue weighted by Crippen LogP contribution is 2.27. The van der Waals surface area contributed by atoms with Gasteiger partial charge in [0, 0.05) is 13.6 Å². The van der Waals surface area contributed by atoms with Gasteiger partial charge in [-0.15, -0.1) is 0 Å². The van der Waals surface area contributed by atoms with E-state index in [4.69, 9.17) is 0 Å².